The summed E-state index contributed by atoms with van der Waals surface area (Å²) in [5, 5.41) is 3.44. The Labute approximate surface area is 127 Å². The molecule has 2 rings (SSSR count). The molecule has 0 amide bonds. The first-order chi connectivity index (χ1) is 10.2. The molecule has 1 unspecified atom stereocenters. The topological polar surface area (TPSA) is 39.7 Å². The molecule has 1 aliphatic rings. The fraction of sp³-hybridized carbons (Fsp3) is 0.647. The number of nitrogens with one attached hydrogen (secondary N) is 1. The van der Waals surface area contributed by atoms with Gasteiger partial charge in [0.05, 0.1) is 13.2 Å². The Bertz CT molecular complexity index is 428. The summed E-state index contributed by atoms with van der Waals surface area (Å²) in [4.78, 5) is 0. The summed E-state index contributed by atoms with van der Waals surface area (Å²) in [6.45, 7) is 7.72. The SMILES string of the molecule is COc1ccc(CNCC(C)C)cc1OCC1CCCO1. The fourth-order valence-electron chi connectivity index (χ4n) is 2.41. The highest BCUT2D eigenvalue weighted by Gasteiger charge is 2.17. The molecule has 1 atom stereocenters. The maximum atomic E-state index is 5.90. The van der Waals surface area contributed by atoms with Crippen molar-refractivity contribution in [2.24, 2.45) is 5.92 Å². The summed E-state index contributed by atoms with van der Waals surface area (Å²) in [5.74, 6) is 2.23. The lowest BCUT2D eigenvalue weighted by atomic mass is 10.1. The van der Waals surface area contributed by atoms with Crippen molar-refractivity contribution in [3.63, 3.8) is 0 Å². The molecule has 0 saturated carbocycles. The predicted molar refractivity (Wildman–Crippen MR) is 84.0 cm³/mol. The summed E-state index contributed by atoms with van der Waals surface area (Å²) in [5.41, 5.74) is 1.21. The summed E-state index contributed by atoms with van der Waals surface area (Å²) in [7, 11) is 1.67. The molecule has 1 aromatic carbocycles. The van der Waals surface area contributed by atoms with E-state index in [1.165, 1.54) is 5.56 Å². The second kappa shape index (κ2) is 8.25. The molecular weight excluding hydrogens is 266 g/mol. The van der Waals surface area contributed by atoms with Crippen LogP contribution in [0.25, 0.3) is 0 Å². The molecule has 4 heteroatoms. The highest BCUT2D eigenvalue weighted by molar-refractivity contribution is 5.43. The van der Waals surface area contributed by atoms with Crippen LogP contribution in [0, 0.1) is 5.92 Å². The first kappa shape index (κ1) is 16.1. The Balaban J connectivity index is 1.92. The van der Waals surface area contributed by atoms with E-state index >= 15 is 0 Å². The number of rotatable bonds is 8. The third kappa shape index (κ3) is 5.21. The smallest absolute Gasteiger partial charge is 0.161 e. The summed E-state index contributed by atoms with van der Waals surface area (Å²) in [6, 6.07) is 6.10. The van der Waals surface area contributed by atoms with E-state index in [1.54, 1.807) is 7.11 Å². The van der Waals surface area contributed by atoms with Gasteiger partial charge in [-0.15, -0.1) is 0 Å². The first-order valence-electron chi connectivity index (χ1n) is 7.81. The van der Waals surface area contributed by atoms with Crippen LogP contribution in [0.4, 0.5) is 0 Å². The molecule has 1 heterocycles. The maximum Gasteiger partial charge on any atom is 0.161 e. The van der Waals surface area contributed by atoms with E-state index in [1.807, 2.05) is 6.07 Å². The van der Waals surface area contributed by atoms with Crippen LogP contribution < -0.4 is 14.8 Å². The van der Waals surface area contributed by atoms with Crippen LogP contribution >= 0.6 is 0 Å². The van der Waals surface area contributed by atoms with Gasteiger partial charge in [-0.2, -0.15) is 0 Å². The van der Waals surface area contributed by atoms with Crippen LogP contribution in [0.3, 0.4) is 0 Å². The Kier molecular flexibility index (Phi) is 6.33. The molecule has 0 aromatic heterocycles. The summed E-state index contributed by atoms with van der Waals surface area (Å²) < 4.78 is 16.9. The molecular formula is C17H27NO3. The van der Waals surface area contributed by atoms with Crippen molar-refractivity contribution in [3.8, 4) is 11.5 Å². The quantitative estimate of drug-likeness (QED) is 0.800. The van der Waals surface area contributed by atoms with Gasteiger partial charge in [-0.05, 0) is 43.0 Å². The van der Waals surface area contributed by atoms with Crippen LogP contribution in [0.5, 0.6) is 11.5 Å². The first-order valence-corrected chi connectivity index (χ1v) is 7.81. The van der Waals surface area contributed by atoms with Gasteiger partial charge in [0.1, 0.15) is 6.61 Å². The van der Waals surface area contributed by atoms with Gasteiger partial charge in [0.25, 0.3) is 0 Å². The zero-order chi connectivity index (χ0) is 15.1. The van der Waals surface area contributed by atoms with Gasteiger partial charge in [0, 0.05) is 13.2 Å². The number of hydrogen-bond acceptors (Lipinski definition) is 4. The van der Waals surface area contributed by atoms with Crippen molar-refractivity contribution >= 4 is 0 Å². The lowest BCUT2D eigenvalue weighted by molar-refractivity contribution is 0.0669. The van der Waals surface area contributed by atoms with Gasteiger partial charge in [-0.25, -0.2) is 0 Å². The largest absolute Gasteiger partial charge is 0.493 e. The van der Waals surface area contributed by atoms with E-state index in [-0.39, 0.29) is 6.10 Å². The minimum atomic E-state index is 0.220. The monoisotopic (exact) mass is 293 g/mol. The van der Waals surface area contributed by atoms with E-state index in [2.05, 4.69) is 31.3 Å². The molecule has 1 fully saturated rings. The standard InChI is InChI=1S/C17H27NO3/c1-13(2)10-18-11-14-6-7-16(19-3)17(9-14)21-12-15-5-4-8-20-15/h6-7,9,13,15,18H,4-5,8,10-12H2,1-3H3. The second-order valence-corrected chi connectivity index (χ2v) is 5.96. The van der Waals surface area contributed by atoms with Crippen LogP contribution in [-0.4, -0.2) is 33.0 Å². The van der Waals surface area contributed by atoms with E-state index in [0.717, 1.165) is 44.0 Å². The van der Waals surface area contributed by atoms with Crippen LogP contribution in [0.15, 0.2) is 18.2 Å². The fourth-order valence-corrected chi connectivity index (χ4v) is 2.41. The van der Waals surface area contributed by atoms with E-state index < -0.39 is 0 Å². The number of ether oxygens (including phenoxy) is 3. The maximum absolute atomic E-state index is 5.90. The molecule has 1 saturated heterocycles. The van der Waals surface area contributed by atoms with E-state index in [4.69, 9.17) is 14.2 Å². The molecule has 1 N–H and O–H groups in total. The van der Waals surface area contributed by atoms with Gasteiger partial charge in [0.2, 0.25) is 0 Å². The van der Waals surface area contributed by atoms with Crippen LogP contribution in [0.2, 0.25) is 0 Å². The summed E-state index contributed by atoms with van der Waals surface area (Å²) >= 11 is 0. The Morgan fingerprint density at radius 1 is 1.33 bits per heavy atom. The molecule has 21 heavy (non-hydrogen) atoms. The van der Waals surface area contributed by atoms with Crippen molar-refractivity contribution in [2.45, 2.75) is 39.3 Å². The van der Waals surface area contributed by atoms with Gasteiger partial charge < -0.3 is 19.5 Å². The molecule has 4 nitrogen and oxygen atoms in total. The van der Waals surface area contributed by atoms with Crippen molar-refractivity contribution in [1.29, 1.82) is 0 Å². The lowest BCUT2D eigenvalue weighted by Gasteiger charge is -2.15. The average molecular weight is 293 g/mol. The van der Waals surface area contributed by atoms with Crippen molar-refractivity contribution < 1.29 is 14.2 Å². The molecule has 1 aromatic rings. The summed E-state index contributed by atoms with van der Waals surface area (Å²) in [6.07, 6.45) is 2.43. The molecule has 0 spiro atoms. The van der Waals surface area contributed by atoms with Crippen molar-refractivity contribution in [1.82, 2.24) is 5.32 Å². The van der Waals surface area contributed by atoms with Crippen LogP contribution in [0.1, 0.15) is 32.3 Å². The average Bonchev–Trinajstić information content (AvgIpc) is 2.98. The van der Waals surface area contributed by atoms with Gasteiger partial charge in [-0.1, -0.05) is 19.9 Å². The number of methoxy groups -OCH3 is 1. The van der Waals surface area contributed by atoms with Gasteiger partial charge in [0.15, 0.2) is 11.5 Å². The second-order valence-electron chi connectivity index (χ2n) is 5.96. The zero-order valence-electron chi connectivity index (χ0n) is 13.4. The minimum absolute atomic E-state index is 0.220. The number of benzene rings is 1. The molecule has 1 aliphatic heterocycles. The van der Waals surface area contributed by atoms with Crippen LogP contribution in [-0.2, 0) is 11.3 Å². The van der Waals surface area contributed by atoms with Gasteiger partial charge >= 0.3 is 0 Å². The Morgan fingerprint density at radius 2 is 2.19 bits per heavy atom. The van der Waals surface area contributed by atoms with E-state index in [0.29, 0.717) is 12.5 Å². The molecule has 118 valence electrons. The Hall–Kier alpha value is -1.26. The van der Waals surface area contributed by atoms with Crippen molar-refractivity contribution in [3.05, 3.63) is 23.8 Å². The minimum Gasteiger partial charge on any atom is -0.493 e. The highest BCUT2D eigenvalue weighted by Crippen LogP contribution is 2.29. The third-order valence-electron chi connectivity index (χ3n) is 3.56. The van der Waals surface area contributed by atoms with Crippen molar-refractivity contribution in [2.75, 3.05) is 26.9 Å². The third-order valence-corrected chi connectivity index (χ3v) is 3.56. The zero-order valence-corrected chi connectivity index (χ0v) is 13.4. The predicted octanol–water partition coefficient (Wildman–Crippen LogP) is 3.00. The molecule has 0 aliphatic carbocycles. The Morgan fingerprint density at radius 3 is 2.86 bits per heavy atom. The van der Waals surface area contributed by atoms with E-state index in [9.17, 15) is 0 Å². The normalized spacial score (nSPS) is 18.2. The highest BCUT2D eigenvalue weighted by atomic mass is 16.5. The van der Waals surface area contributed by atoms with Gasteiger partial charge in [-0.3, -0.25) is 0 Å². The lowest BCUT2D eigenvalue weighted by Crippen LogP contribution is -2.19. The number of hydrogen-bond donors (Lipinski definition) is 1. The molecule has 0 radical (unpaired) electrons. The molecule has 0 bridgehead atoms.